The predicted octanol–water partition coefficient (Wildman–Crippen LogP) is 3.08. The molecule has 2 aliphatic rings. The summed E-state index contributed by atoms with van der Waals surface area (Å²) in [6.45, 7) is 7.17. The van der Waals surface area contributed by atoms with Gasteiger partial charge in [-0.2, -0.15) is 0 Å². The summed E-state index contributed by atoms with van der Waals surface area (Å²) in [6.07, 6.45) is 7.76. The van der Waals surface area contributed by atoms with Crippen molar-refractivity contribution in [1.29, 1.82) is 0 Å². The molecular formula is C23H37N3O3. The second kappa shape index (κ2) is 11.0. The molecule has 3 rings (SSSR count). The highest BCUT2D eigenvalue weighted by atomic mass is 16.5. The van der Waals surface area contributed by atoms with Crippen LogP contribution in [0.25, 0.3) is 0 Å². The highest BCUT2D eigenvalue weighted by molar-refractivity contribution is 5.78. The van der Waals surface area contributed by atoms with Crippen molar-refractivity contribution in [3.63, 3.8) is 0 Å². The van der Waals surface area contributed by atoms with Gasteiger partial charge in [-0.25, -0.2) is 0 Å². The molecule has 162 valence electrons. The van der Waals surface area contributed by atoms with Gasteiger partial charge < -0.3 is 19.7 Å². The molecule has 1 saturated heterocycles. The lowest BCUT2D eigenvalue weighted by atomic mass is 9.82. The van der Waals surface area contributed by atoms with Gasteiger partial charge in [0.05, 0.1) is 6.10 Å². The highest BCUT2D eigenvalue weighted by Gasteiger charge is 2.36. The quantitative estimate of drug-likeness (QED) is 0.723. The highest BCUT2D eigenvalue weighted by Crippen LogP contribution is 2.29. The third-order valence-corrected chi connectivity index (χ3v) is 6.11. The van der Waals surface area contributed by atoms with Crippen molar-refractivity contribution in [2.24, 2.45) is 5.92 Å². The van der Waals surface area contributed by atoms with E-state index in [1.54, 1.807) is 0 Å². The minimum Gasteiger partial charge on any atom is -0.381 e. The van der Waals surface area contributed by atoms with Crippen molar-refractivity contribution in [2.75, 3.05) is 26.9 Å². The fourth-order valence-corrected chi connectivity index (χ4v) is 4.53. The van der Waals surface area contributed by atoms with Gasteiger partial charge in [-0.1, -0.05) is 6.92 Å². The minimum absolute atomic E-state index is 0.0394. The molecule has 2 heterocycles. The van der Waals surface area contributed by atoms with Crippen LogP contribution in [0.15, 0.2) is 18.3 Å². The van der Waals surface area contributed by atoms with Crippen molar-refractivity contribution in [3.8, 4) is 0 Å². The summed E-state index contributed by atoms with van der Waals surface area (Å²) in [4.78, 5) is 19.2. The van der Waals surface area contributed by atoms with Crippen molar-refractivity contribution in [1.82, 2.24) is 15.2 Å². The normalized spacial score (nSPS) is 25.7. The maximum atomic E-state index is 13.1. The summed E-state index contributed by atoms with van der Waals surface area (Å²) in [7, 11) is 1.91. The van der Waals surface area contributed by atoms with Crippen LogP contribution in [0.5, 0.6) is 0 Å². The van der Waals surface area contributed by atoms with Crippen LogP contribution in [-0.2, 0) is 20.8 Å². The van der Waals surface area contributed by atoms with Gasteiger partial charge in [-0.05, 0) is 63.1 Å². The van der Waals surface area contributed by atoms with Gasteiger partial charge in [-0.3, -0.25) is 9.78 Å². The molecule has 6 nitrogen and oxygen atoms in total. The largest absolute Gasteiger partial charge is 0.381 e. The zero-order chi connectivity index (χ0) is 20.6. The van der Waals surface area contributed by atoms with E-state index in [1.807, 2.05) is 37.2 Å². The third kappa shape index (κ3) is 6.49. The standard InChI is InChI=1S/C23H37N3O3/c1-4-11-29-22-15-19(5-6-21(22)25-20-8-12-28-13-9-20)23(27)26(3)16-18-7-10-24-17(2)14-18/h7,10,14,19-22,25H,4-6,8-9,11-13,15-16H2,1-3H3/t19-,21-,22-/m0/s1. The Balaban J connectivity index is 1.57. The number of rotatable bonds is 8. The first-order chi connectivity index (χ1) is 14.1. The summed E-state index contributed by atoms with van der Waals surface area (Å²) in [6, 6.07) is 4.87. The van der Waals surface area contributed by atoms with E-state index in [4.69, 9.17) is 9.47 Å². The van der Waals surface area contributed by atoms with Gasteiger partial charge in [0.15, 0.2) is 0 Å². The number of carbonyl (C=O) groups excluding carboxylic acids is 1. The lowest BCUT2D eigenvalue weighted by Crippen LogP contribution is -2.52. The molecule has 0 spiro atoms. The molecule has 0 aromatic carbocycles. The van der Waals surface area contributed by atoms with Crippen LogP contribution in [0.4, 0.5) is 0 Å². The summed E-state index contributed by atoms with van der Waals surface area (Å²) in [5.41, 5.74) is 2.11. The zero-order valence-corrected chi connectivity index (χ0v) is 18.2. The first-order valence-corrected chi connectivity index (χ1v) is 11.2. The average Bonchev–Trinajstić information content (AvgIpc) is 2.73. The molecule has 1 aromatic heterocycles. The summed E-state index contributed by atoms with van der Waals surface area (Å²) >= 11 is 0. The molecule has 1 amide bonds. The van der Waals surface area contributed by atoms with E-state index in [0.29, 0.717) is 18.6 Å². The fourth-order valence-electron chi connectivity index (χ4n) is 4.53. The Morgan fingerprint density at radius 1 is 1.31 bits per heavy atom. The van der Waals surface area contributed by atoms with Crippen LogP contribution in [0.2, 0.25) is 0 Å². The van der Waals surface area contributed by atoms with Crippen LogP contribution in [-0.4, -0.2) is 60.8 Å². The molecule has 6 heteroatoms. The summed E-state index contributed by atoms with van der Waals surface area (Å²) < 4.78 is 11.7. The molecular weight excluding hydrogens is 366 g/mol. The number of pyridine rings is 1. The molecule has 1 saturated carbocycles. The molecule has 29 heavy (non-hydrogen) atoms. The predicted molar refractivity (Wildman–Crippen MR) is 114 cm³/mol. The van der Waals surface area contributed by atoms with Gasteiger partial charge in [0.2, 0.25) is 5.91 Å². The van der Waals surface area contributed by atoms with Crippen molar-refractivity contribution in [2.45, 2.75) is 77.1 Å². The molecule has 2 fully saturated rings. The van der Waals surface area contributed by atoms with E-state index >= 15 is 0 Å². The van der Waals surface area contributed by atoms with Gasteiger partial charge in [0.1, 0.15) is 0 Å². The number of nitrogens with zero attached hydrogens (tertiary/aromatic N) is 2. The molecule has 3 atom stereocenters. The Hall–Kier alpha value is -1.50. The van der Waals surface area contributed by atoms with E-state index < -0.39 is 0 Å². The van der Waals surface area contributed by atoms with Gasteiger partial charge >= 0.3 is 0 Å². The van der Waals surface area contributed by atoms with Crippen molar-refractivity contribution < 1.29 is 14.3 Å². The van der Waals surface area contributed by atoms with E-state index in [0.717, 1.165) is 69.6 Å². The molecule has 1 aromatic rings. The lowest BCUT2D eigenvalue weighted by Gasteiger charge is -2.39. The minimum atomic E-state index is 0.0394. The van der Waals surface area contributed by atoms with Crippen LogP contribution >= 0.6 is 0 Å². The summed E-state index contributed by atoms with van der Waals surface area (Å²) in [5.74, 6) is 0.270. The monoisotopic (exact) mass is 403 g/mol. The van der Waals surface area contributed by atoms with Crippen LogP contribution in [0.1, 0.15) is 56.7 Å². The fraction of sp³-hybridized carbons (Fsp3) is 0.739. The molecule has 1 aliphatic carbocycles. The topological polar surface area (TPSA) is 63.7 Å². The Labute approximate surface area is 175 Å². The van der Waals surface area contributed by atoms with Gasteiger partial charge in [-0.15, -0.1) is 0 Å². The number of nitrogens with one attached hydrogen (secondary N) is 1. The zero-order valence-electron chi connectivity index (χ0n) is 18.2. The maximum Gasteiger partial charge on any atom is 0.225 e. The molecule has 0 bridgehead atoms. The second-order valence-electron chi connectivity index (χ2n) is 8.58. The van der Waals surface area contributed by atoms with Gasteiger partial charge in [0.25, 0.3) is 0 Å². The smallest absolute Gasteiger partial charge is 0.225 e. The van der Waals surface area contributed by atoms with E-state index in [-0.39, 0.29) is 17.9 Å². The number of aryl methyl sites for hydroxylation is 1. The first kappa shape index (κ1) is 22.2. The number of hydrogen-bond donors (Lipinski definition) is 1. The average molecular weight is 404 g/mol. The Morgan fingerprint density at radius 3 is 2.83 bits per heavy atom. The molecule has 1 N–H and O–H groups in total. The maximum absolute atomic E-state index is 13.1. The van der Waals surface area contributed by atoms with E-state index in [1.165, 1.54) is 0 Å². The number of carbonyl (C=O) groups is 1. The third-order valence-electron chi connectivity index (χ3n) is 6.11. The Kier molecular flexibility index (Phi) is 8.45. The molecule has 0 unspecified atom stereocenters. The SMILES string of the molecule is CCCO[C@H]1C[C@@H](C(=O)N(C)Cc2ccnc(C)c2)CC[C@@H]1NC1CCOCC1. The van der Waals surface area contributed by atoms with E-state index in [2.05, 4.69) is 17.2 Å². The van der Waals surface area contributed by atoms with Crippen molar-refractivity contribution in [3.05, 3.63) is 29.6 Å². The van der Waals surface area contributed by atoms with Crippen molar-refractivity contribution >= 4 is 5.91 Å². The number of aromatic nitrogens is 1. The summed E-state index contributed by atoms with van der Waals surface area (Å²) in [5, 5.41) is 3.81. The number of amides is 1. The van der Waals surface area contributed by atoms with Crippen LogP contribution < -0.4 is 5.32 Å². The number of ether oxygens (including phenoxy) is 2. The Bertz CT molecular complexity index is 648. The number of hydrogen-bond acceptors (Lipinski definition) is 5. The first-order valence-electron chi connectivity index (χ1n) is 11.2. The lowest BCUT2D eigenvalue weighted by molar-refractivity contribution is -0.138. The van der Waals surface area contributed by atoms with Gasteiger partial charge in [0, 0.05) is 63.3 Å². The molecule has 1 aliphatic heterocycles. The second-order valence-corrected chi connectivity index (χ2v) is 8.58. The van der Waals surface area contributed by atoms with Crippen LogP contribution in [0.3, 0.4) is 0 Å². The van der Waals surface area contributed by atoms with Crippen LogP contribution in [0, 0.1) is 12.8 Å². The molecule has 0 radical (unpaired) electrons. The Morgan fingerprint density at radius 2 is 2.10 bits per heavy atom. The van der Waals surface area contributed by atoms with E-state index in [9.17, 15) is 4.79 Å².